The molecule has 150 valence electrons. The molecule has 0 spiro atoms. The third-order valence-electron chi connectivity index (χ3n) is 4.22. The Morgan fingerprint density at radius 2 is 1.46 bits per heavy atom. The second-order valence-corrected chi connectivity index (χ2v) is 6.47. The van der Waals surface area contributed by atoms with E-state index in [4.69, 9.17) is 14.2 Å². The largest absolute Gasteiger partial charge is 0.493 e. The van der Waals surface area contributed by atoms with E-state index in [0.29, 0.717) is 28.4 Å². The molecule has 1 amide bonds. The molecule has 0 aliphatic heterocycles. The summed E-state index contributed by atoms with van der Waals surface area (Å²) in [5, 5.41) is 12.2. The Labute approximate surface area is 164 Å². The molecule has 28 heavy (non-hydrogen) atoms. The lowest BCUT2D eigenvalue weighted by Crippen LogP contribution is -2.34. The van der Waals surface area contributed by atoms with E-state index in [0.717, 1.165) is 11.1 Å². The molecule has 2 aromatic carbocycles. The first-order valence-corrected chi connectivity index (χ1v) is 8.68. The van der Waals surface area contributed by atoms with E-state index in [1.807, 2.05) is 19.9 Å². The summed E-state index contributed by atoms with van der Waals surface area (Å²) in [5.74, 6) is -0.278. The maximum absolute atomic E-state index is 12.5. The zero-order chi connectivity index (χ0) is 20.8. The Balaban J connectivity index is 2.25. The first-order valence-electron chi connectivity index (χ1n) is 8.68. The summed E-state index contributed by atoms with van der Waals surface area (Å²) in [6.07, 6.45) is -0.0364. The number of methoxy groups -OCH3 is 3. The van der Waals surface area contributed by atoms with Crippen LogP contribution in [0.2, 0.25) is 0 Å². The Kier molecular flexibility index (Phi) is 6.87. The lowest BCUT2D eigenvalue weighted by Gasteiger charge is -2.17. The number of carbonyl (C=O) groups excluding carboxylic acids is 1. The predicted octanol–water partition coefficient (Wildman–Crippen LogP) is 2.81. The third kappa shape index (κ3) is 4.94. The monoisotopic (exact) mass is 387 g/mol. The van der Waals surface area contributed by atoms with Crippen LogP contribution in [0.5, 0.6) is 17.2 Å². The summed E-state index contributed by atoms with van der Waals surface area (Å²) in [6, 6.07) is 7.64. The van der Waals surface area contributed by atoms with Crippen molar-refractivity contribution >= 4 is 11.9 Å². The number of carboxylic acids is 1. The summed E-state index contributed by atoms with van der Waals surface area (Å²) in [5.41, 5.74) is 3.00. The van der Waals surface area contributed by atoms with E-state index >= 15 is 0 Å². The molecule has 2 N–H and O–H groups in total. The highest BCUT2D eigenvalue weighted by atomic mass is 16.5. The number of aliphatic carboxylic acids is 1. The SMILES string of the molecule is COc1cc(CC(=O)NC(C(=O)O)c2cc(C)cc(C)c2)cc(OC)c1OC. The van der Waals surface area contributed by atoms with Crippen molar-refractivity contribution in [2.75, 3.05) is 21.3 Å². The molecular formula is C21H25NO6. The molecule has 7 heteroatoms. The van der Waals surface area contributed by atoms with Gasteiger partial charge >= 0.3 is 5.97 Å². The molecule has 2 aromatic rings. The van der Waals surface area contributed by atoms with Gasteiger partial charge in [-0.1, -0.05) is 29.3 Å². The van der Waals surface area contributed by atoms with E-state index in [9.17, 15) is 14.7 Å². The van der Waals surface area contributed by atoms with Gasteiger partial charge in [0.05, 0.1) is 27.8 Å². The first kappa shape index (κ1) is 21.1. The summed E-state index contributed by atoms with van der Waals surface area (Å²) in [4.78, 5) is 24.3. The molecule has 0 bridgehead atoms. The highest BCUT2D eigenvalue weighted by Crippen LogP contribution is 2.38. The Hall–Kier alpha value is -3.22. The van der Waals surface area contributed by atoms with E-state index < -0.39 is 17.9 Å². The predicted molar refractivity (Wildman–Crippen MR) is 104 cm³/mol. The lowest BCUT2D eigenvalue weighted by molar-refractivity contribution is -0.141. The molecule has 7 nitrogen and oxygen atoms in total. The highest BCUT2D eigenvalue weighted by Gasteiger charge is 2.23. The zero-order valence-electron chi connectivity index (χ0n) is 16.7. The van der Waals surface area contributed by atoms with Crippen LogP contribution in [0.15, 0.2) is 30.3 Å². The molecule has 0 fully saturated rings. The molecule has 0 radical (unpaired) electrons. The number of aryl methyl sites for hydroxylation is 2. The van der Waals surface area contributed by atoms with Gasteiger partial charge in [0.15, 0.2) is 17.5 Å². The minimum absolute atomic E-state index is 0.0364. The van der Waals surface area contributed by atoms with Crippen LogP contribution >= 0.6 is 0 Å². The lowest BCUT2D eigenvalue weighted by atomic mass is 10.0. The van der Waals surface area contributed by atoms with Gasteiger partial charge in [-0.25, -0.2) is 4.79 Å². The van der Waals surface area contributed by atoms with E-state index in [-0.39, 0.29) is 6.42 Å². The van der Waals surface area contributed by atoms with Gasteiger partial charge in [-0.05, 0) is 37.1 Å². The van der Waals surface area contributed by atoms with Crippen molar-refractivity contribution in [2.45, 2.75) is 26.3 Å². The molecule has 0 heterocycles. The number of hydrogen-bond donors (Lipinski definition) is 2. The zero-order valence-corrected chi connectivity index (χ0v) is 16.7. The fourth-order valence-corrected chi connectivity index (χ4v) is 3.10. The van der Waals surface area contributed by atoms with Crippen LogP contribution in [0.3, 0.4) is 0 Å². The Bertz CT molecular complexity index is 832. The van der Waals surface area contributed by atoms with E-state index in [1.165, 1.54) is 21.3 Å². The minimum atomic E-state index is -1.13. The van der Waals surface area contributed by atoms with Crippen LogP contribution in [-0.4, -0.2) is 38.3 Å². The summed E-state index contributed by atoms with van der Waals surface area (Å²) < 4.78 is 15.8. The maximum Gasteiger partial charge on any atom is 0.330 e. The van der Waals surface area contributed by atoms with Crippen molar-refractivity contribution in [1.29, 1.82) is 0 Å². The number of hydrogen-bond acceptors (Lipinski definition) is 5. The van der Waals surface area contributed by atoms with Crippen molar-refractivity contribution in [1.82, 2.24) is 5.32 Å². The molecule has 0 saturated heterocycles. The van der Waals surface area contributed by atoms with Gasteiger partial charge in [-0.15, -0.1) is 0 Å². The van der Waals surface area contributed by atoms with Crippen LogP contribution in [0.4, 0.5) is 0 Å². The number of carboxylic acid groups (broad SMARTS) is 1. The number of rotatable bonds is 8. The average molecular weight is 387 g/mol. The van der Waals surface area contributed by atoms with Crippen LogP contribution in [0.1, 0.15) is 28.3 Å². The minimum Gasteiger partial charge on any atom is -0.493 e. The standard InChI is InChI=1S/C21H25NO6/c1-12-6-13(2)8-15(7-12)19(21(24)25)22-18(23)11-14-9-16(26-3)20(28-5)17(10-14)27-4/h6-10,19H,11H2,1-5H3,(H,22,23)(H,24,25). The number of nitrogens with one attached hydrogen (secondary N) is 1. The molecule has 0 saturated carbocycles. The van der Waals surface area contributed by atoms with Crippen molar-refractivity contribution in [3.8, 4) is 17.2 Å². The second-order valence-electron chi connectivity index (χ2n) is 6.47. The number of ether oxygens (including phenoxy) is 3. The van der Waals surface area contributed by atoms with Crippen LogP contribution in [-0.2, 0) is 16.0 Å². The van der Waals surface area contributed by atoms with Crippen molar-refractivity contribution < 1.29 is 28.9 Å². The van der Waals surface area contributed by atoms with Gasteiger partial charge in [0.1, 0.15) is 0 Å². The summed E-state index contributed by atoms with van der Waals surface area (Å²) in [7, 11) is 4.47. The normalized spacial score (nSPS) is 11.5. The molecular weight excluding hydrogens is 362 g/mol. The Morgan fingerprint density at radius 3 is 1.89 bits per heavy atom. The molecule has 1 unspecified atom stereocenters. The number of carbonyl (C=O) groups is 2. The van der Waals surface area contributed by atoms with Crippen LogP contribution in [0, 0.1) is 13.8 Å². The van der Waals surface area contributed by atoms with Crippen LogP contribution in [0.25, 0.3) is 0 Å². The molecule has 2 rings (SSSR count). The molecule has 0 aliphatic rings. The van der Waals surface area contributed by atoms with Gasteiger partial charge in [-0.2, -0.15) is 0 Å². The number of amides is 1. The van der Waals surface area contributed by atoms with Gasteiger partial charge in [0.25, 0.3) is 0 Å². The first-order chi connectivity index (χ1) is 13.3. The highest BCUT2D eigenvalue weighted by molar-refractivity contribution is 5.86. The van der Waals surface area contributed by atoms with Gasteiger partial charge < -0.3 is 24.6 Å². The van der Waals surface area contributed by atoms with E-state index in [1.54, 1.807) is 24.3 Å². The topological polar surface area (TPSA) is 94.1 Å². The fraction of sp³-hybridized carbons (Fsp3) is 0.333. The van der Waals surface area contributed by atoms with E-state index in [2.05, 4.69) is 5.32 Å². The van der Waals surface area contributed by atoms with Crippen molar-refractivity contribution in [2.24, 2.45) is 0 Å². The van der Waals surface area contributed by atoms with Crippen molar-refractivity contribution in [3.05, 3.63) is 52.6 Å². The second kappa shape index (κ2) is 9.12. The molecule has 1 atom stereocenters. The number of benzene rings is 2. The third-order valence-corrected chi connectivity index (χ3v) is 4.22. The van der Waals surface area contributed by atoms with Gasteiger partial charge in [0, 0.05) is 0 Å². The quantitative estimate of drug-likeness (QED) is 0.723. The Morgan fingerprint density at radius 1 is 0.929 bits per heavy atom. The summed E-state index contributed by atoms with van der Waals surface area (Å²) >= 11 is 0. The summed E-state index contributed by atoms with van der Waals surface area (Å²) in [6.45, 7) is 3.76. The van der Waals surface area contributed by atoms with Crippen LogP contribution < -0.4 is 19.5 Å². The average Bonchev–Trinajstić information content (AvgIpc) is 2.64. The molecule has 0 aromatic heterocycles. The fourth-order valence-electron chi connectivity index (χ4n) is 3.10. The van der Waals surface area contributed by atoms with Gasteiger partial charge in [0.2, 0.25) is 11.7 Å². The van der Waals surface area contributed by atoms with Crippen molar-refractivity contribution in [3.63, 3.8) is 0 Å². The molecule has 0 aliphatic carbocycles. The van der Waals surface area contributed by atoms with Gasteiger partial charge in [-0.3, -0.25) is 4.79 Å². The maximum atomic E-state index is 12.5. The smallest absolute Gasteiger partial charge is 0.330 e.